The molecule has 0 aliphatic heterocycles. The average Bonchev–Trinajstić information content (AvgIpc) is 2.44. The molecule has 0 radical (unpaired) electrons. The molecule has 1 N–H and O–H groups in total. The third-order valence-corrected chi connectivity index (χ3v) is 3.51. The number of carboxylic acid groups (broad SMARTS) is 1. The number of carboxylic acids is 1. The van der Waals surface area contributed by atoms with Crippen LogP contribution in [0.5, 0.6) is 5.75 Å². The number of ether oxygens (including phenoxy) is 1. The zero-order valence-electron chi connectivity index (χ0n) is 13.1. The average molecular weight is 312 g/mol. The summed E-state index contributed by atoms with van der Waals surface area (Å²) in [6.45, 7) is 5.14. The van der Waals surface area contributed by atoms with Crippen molar-refractivity contribution in [2.24, 2.45) is 5.92 Å². The molecule has 0 saturated carbocycles. The SMILES string of the molecule is CC[C@@H](C)Cc1ccc(OCCCCCC(=O)O)cc1.S. The fourth-order valence-electron chi connectivity index (χ4n) is 2.01. The van der Waals surface area contributed by atoms with Crippen molar-refractivity contribution in [2.75, 3.05) is 6.61 Å². The van der Waals surface area contributed by atoms with Crippen molar-refractivity contribution >= 4 is 19.5 Å². The van der Waals surface area contributed by atoms with Gasteiger partial charge in [0.2, 0.25) is 0 Å². The highest BCUT2D eigenvalue weighted by atomic mass is 32.1. The smallest absolute Gasteiger partial charge is 0.303 e. The number of hydrogen-bond donors (Lipinski definition) is 1. The fraction of sp³-hybridized carbons (Fsp3) is 0.588. The van der Waals surface area contributed by atoms with Gasteiger partial charge in [-0.2, -0.15) is 13.5 Å². The van der Waals surface area contributed by atoms with Gasteiger partial charge in [-0.05, 0) is 49.3 Å². The lowest BCUT2D eigenvalue weighted by Crippen LogP contribution is -2.00. The van der Waals surface area contributed by atoms with Crippen LogP contribution in [0.1, 0.15) is 51.5 Å². The van der Waals surface area contributed by atoms with Crippen LogP contribution in [-0.2, 0) is 11.2 Å². The molecule has 0 amide bonds. The Kier molecular flexibility index (Phi) is 10.9. The van der Waals surface area contributed by atoms with E-state index in [0.29, 0.717) is 6.61 Å². The lowest BCUT2D eigenvalue weighted by atomic mass is 9.99. The summed E-state index contributed by atoms with van der Waals surface area (Å²) in [7, 11) is 0. The molecule has 0 fully saturated rings. The van der Waals surface area contributed by atoms with Crippen LogP contribution in [0.15, 0.2) is 24.3 Å². The van der Waals surface area contributed by atoms with Crippen LogP contribution in [0.25, 0.3) is 0 Å². The number of aliphatic carboxylic acids is 1. The second kappa shape index (κ2) is 11.5. The van der Waals surface area contributed by atoms with Crippen LogP contribution in [0.3, 0.4) is 0 Å². The van der Waals surface area contributed by atoms with Crippen molar-refractivity contribution in [1.82, 2.24) is 0 Å². The first-order valence-electron chi connectivity index (χ1n) is 7.55. The summed E-state index contributed by atoms with van der Waals surface area (Å²) in [4.78, 5) is 10.4. The van der Waals surface area contributed by atoms with Gasteiger partial charge >= 0.3 is 5.97 Å². The molecule has 4 heteroatoms. The molecule has 3 nitrogen and oxygen atoms in total. The standard InChI is InChI=1S/C17H26O3.H2S/c1-3-14(2)13-15-8-10-16(11-9-15)20-12-6-4-5-7-17(18)19;/h8-11,14H,3-7,12-13H2,1-2H3,(H,18,19);1H2/t14-;/m1./s1. The number of unbranched alkanes of at least 4 members (excludes halogenated alkanes) is 2. The van der Waals surface area contributed by atoms with E-state index in [1.54, 1.807) is 0 Å². The zero-order valence-corrected chi connectivity index (χ0v) is 14.1. The molecule has 0 saturated heterocycles. The van der Waals surface area contributed by atoms with Crippen LogP contribution < -0.4 is 4.74 Å². The highest BCUT2D eigenvalue weighted by Crippen LogP contribution is 2.16. The molecule has 0 heterocycles. The van der Waals surface area contributed by atoms with Crippen LogP contribution >= 0.6 is 13.5 Å². The number of carbonyl (C=O) groups is 1. The predicted molar refractivity (Wildman–Crippen MR) is 91.6 cm³/mol. The third-order valence-electron chi connectivity index (χ3n) is 3.51. The van der Waals surface area contributed by atoms with Gasteiger partial charge in [-0.25, -0.2) is 0 Å². The number of hydrogen-bond acceptors (Lipinski definition) is 2. The van der Waals surface area contributed by atoms with Crippen molar-refractivity contribution in [2.45, 2.75) is 52.4 Å². The van der Waals surface area contributed by atoms with E-state index >= 15 is 0 Å². The van der Waals surface area contributed by atoms with Gasteiger partial charge in [0.15, 0.2) is 0 Å². The summed E-state index contributed by atoms with van der Waals surface area (Å²) in [5.41, 5.74) is 1.35. The van der Waals surface area contributed by atoms with Gasteiger partial charge in [0.25, 0.3) is 0 Å². The largest absolute Gasteiger partial charge is 0.494 e. The van der Waals surface area contributed by atoms with Gasteiger partial charge < -0.3 is 9.84 Å². The maximum Gasteiger partial charge on any atom is 0.303 e. The Balaban J connectivity index is 0.00000400. The Labute approximate surface area is 135 Å². The van der Waals surface area contributed by atoms with E-state index in [1.165, 1.54) is 12.0 Å². The molecule has 120 valence electrons. The molecular formula is C17H28O3S. The molecule has 1 aromatic carbocycles. The molecule has 0 spiro atoms. The molecule has 21 heavy (non-hydrogen) atoms. The number of rotatable bonds is 10. The van der Waals surface area contributed by atoms with E-state index in [1.807, 2.05) is 12.1 Å². The second-order valence-electron chi connectivity index (χ2n) is 5.41. The van der Waals surface area contributed by atoms with Gasteiger partial charge in [-0.1, -0.05) is 32.4 Å². The third kappa shape index (κ3) is 9.40. The van der Waals surface area contributed by atoms with E-state index in [-0.39, 0.29) is 19.9 Å². The first kappa shape index (κ1) is 19.8. The highest BCUT2D eigenvalue weighted by Gasteiger charge is 2.02. The molecule has 0 aliphatic rings. The maximum atomic E-state index is 10.4. The van der Waals surface area contributed by atoms with Crippen LogP contribution in [-0.4, -0.2) is 17.7 Å². The summed E-state index contributed by atoms with van der Waals surface area (Å²) in [6.07, 6.45) is 5.11. The molecule has 0 unspecified atom stereocenters. The Morgan fingerprint density at radius 1 is 1.19 bits per heavy atom. The van der Waals surface area contributed by atoms with Crippen molar-refractivity contribution in [3.8, 4) is 5.75 Å². The van der Waals surface area contributed by atoms with E-state index in [0.717, 1.165) is 37.4 Å². The Hall–Kier alpha value is -1.16. The van der Waals surface area contributed by atoms with E-state index < -0.39 is 5.97 Å². The normalized spacial score (nSPS) is 11.5. The second-order valence-corrected chi connectivity index (χ2v) is 5.41. The highest BCUT2D eigenvalue weighted by molar-refractivity contribution is 7.59. The van der Waals surface area contributed by atoms with E-state index in [4.69, 9.17) is 9.84 Å². The van der Waals surface area contributed by atoms with E-state index in [2.05, 4.69) is 26.0 Å². The summed E-state index contributed by atoms with van der Waals surface area (Å²) in [5.74, 6) is 0.898. The van der Waals surface area contributed by atoms with Crippen molar-refractivity contribution < 1.29 is 14.6 Å². The van der Waals surface area contributed by atoms with Crippen molar-refractivity contribution in [3.63, 3.8) is 0 Å². The molecular weight excluding hydrogens is 284 g/mol. The van der Waals surface area contributed by atoms with Gasteiger partial charge in [0.05, 0.1) is 6.61 Å². The predicted octanol–water partition coefficient (Wildman–Crippen LogP) is 4.41. The maximum absolute atomic E-state index is 10.4. The Morgan fingerprint density at radius 3 is 2.43 bits per heavy atom. The summed E-state index contributed by atoms with van der Waals surface area (Å²) < 4.78 is 5.65. The topological polar surface area (TPSA) is 46.5 Å². The minimum absolute atomic E-state index is 0. The fourth-order valence-corrected chi connectivity index (χ4v) is 2.01. The van der Waals surface area contributed by atoms with Crippen LogP contribution in [0, 0.1) is 5.92 Å². The first-order valence-corrected chi connectivity index (χ1v) is 7.55. The van der Waals surface area contributed by atoms with Crippen molar-refractivity contribution in [1.29, 1.82) is 0 Å². The van der Waals surface area contributed by atoms with Crippen LogP contribution in [0.2, 0.25) is 0 Å². The molecule has 1 aromatic rings. The first-order chi connectivity index (χ1) is 9.61. The van der Waals surface area contributed by atoms with Gasteiger partial charge in [0.1, 0.15) is 5.75 Å². The molecule has 0 aliphatic carbocycles. The van der Waals surface area contributed by atoms with Crippen molar-refractivity contribution in [3.05, 3.63) is 29.8 Å². The Bertz CT molecular complexity index is 390. The minimum Gasteiger partial charge on any atom is -0.494 e. The molecule has 1 atom stereocenters. The monoisotopic (exact) mass is 312 g/mol. The quantitative estimate of drug-likeness (QED) is 0.651. The molecule has 0 aromatic heterocycles. The number of benzene rings is 1. The van der Waals surface area contributed by atoms with Gasteiger partial charge in [0, 0.05) is 6.42 Å². The van der Waals surface area contributed by atoms with Crippen LogP contribution in [0.4, 0.5) is 0 Å². The molecule has 1 rings (SSSR count). The minimum atomic E-state index is -0.720. The summed E-state index contributed by atoms with van der Waals surface area (Å²) in [5, 5.41) is 8.52. The molecule has 0 bridgehead atoms. The van der Waals surface area contributed by atoms with Gasteiger partial charge in [-0.15, -0.1) is 0 Å². The zero-order chi connectivity index (χ0) is 14.8. The summed E-state index contributed by atoms with van der Waals surface area (Å²) in [6, 6.07) is 8.31. The van der Waals surface area contributed by atoms with E-state index in [9.17, 15) is 4.79 Å². The lowest BCUT2D eigenvalue weighted by molar-refractivity contribution is -0.137. The summed E-state index contributed by atoms with van der Waals surface area (Å²) >= 11 is 0. The Morgan fingerprint density at radius 2 is 1.86 bits per heavy atom. The van der Waals surface area contributed by atoms with Gasteiger partial charge in [-0.3, -0.25) is 4.79 Å². The lowest BCUT2D eigenvalue weighted by Gasteiger charge is -2.10.